The number of esters is 2. The Bertz CT molecular complexity index is 1080. The predicted octanol–water partition coefficient (Wildman–Crippen LogP) is 2.41. The van der Waals surface area contributed by atoms with Crippen LogP contribution in [0.3, 0.4) is 0 Å². The van der Waals surface area contributed by atoms with E-state index in [9.17, 15) is 9.59 Å². The van der Waals surface area contributed by atoms with E-state index in [-0.39, 0.29) is 18.5 Å². The zero-order valence-electron chi connectivity index (χ0n) is 23.6. The minimum atomic E-state index is -0.427. The second-order valence-corrected chi connectivity index (χ2v) is 10.0. The number of fused-ring (bicyclic) bond motifs is 5. The minimum absolute atomic E-state index is 0.231. The number of carbonyl (C=O) groups excluding carboxylic acids is 2. The third-order valence-corrected chi connectivity index (χ3v) is 7.22. The first-order valence-electron chi connectivity index (χ1n) is 14.1. The van der Waals surface area contributed by atoms with E-state index < -0.39 is 5.97 Å². The average molecular weight is 560 g/mol. The molecule has 220 valence electrons. The van der Waals surface area contributed by atoms with Gasteiger partial charge in [-0.3, -0.25) is 9.48 Å². The van der Waals surface area contributed by atoms with Crippen LogP contribution in [0.5, 0.6) is 17.2 Å². The fourth-order valence-electron chi connectivity index (χ4n) is 5.04. The molecular weight excluding hydrogens is 518 g/mol. The van der Waals surface area contributed by atoms with Gasteiger partial charge in [0.1, 0.15) is 18.8 Å². The van der Waals surface area contributed by atoms with Crippen molar-refractivity contribution in [2.45, 2.75) is 51.2 Å². The normalized spacial score (nSPS) is 22.9. The number of cyclic esters (lactones) is 1. The largest absolute Gasteiger partial charge is 0.493 e. The van der Waals surface area contributed by atoms with E-state index in [1.165, 1.54) is 20.5 Å². The molecule has 2 aliphatic rings. The van der Waals surface area contributed by atoms with Crippen molar-refractivity contribution in [2.75, 3.05) is 66.7 Å². The lowest BCUT2D eigenvalue weighted by atomic mass is 10.1. The van der Waals surface area contributed by atoms with Gasteiger partial charge in [-0.25, -0.2) is 9.78 Å². The molecule has 0 radical (unpaired) electrons. The first-order valence-corrected chi connectivity index (χ1v) is 14.1. The molecule has 0 amide bonds. The molecule has 2 aromatic rings. The van der Waals surface area contributed by atoms with Crippen molar-refractivity contribution in [1.29, 1.82) is 0 Å². The van der Waals surface area contributed by atoms with E-state index in [1.807, 2.05) is 0 Å². The van der Waals surface area contributed by atoms with Gasteiger partial charge in [-0.1, -0.05) is 0 Å². The summed E-state index contributed by atoms with van der Waals surface area (Å²) in [4.78, 5) is 34.3. The van der Waals surface area contributed by atoms with Crippen molar-refractivity contribution in [1.82, 2.24) is 24.6 Å². The fourth-order valence-corrected chi connectivity index (χ4v) is 5.04. The molecule has 1 saturated heterocycles. The van der Waals surface area contributed by atoms with Crippen LogP contribution in [-0.2, 0) is 20.8 Å². The van der Waals surface area contributed by atoms with E-state index in [4.69, 9.17) is 23.7 Å². The fraction of sp³-hybridized carbons (Fsp3) is 0.643. The molecule has 0 spiro atoms. The quantitative estimate of drug-likeness (QED) is 0.486. The third-order valence-electron chi connectivity index (χ3n) is 7.22. The van der Waals surface area contributed by atoms with Crippen LogP contribution < -0.4 is 14.2 Å². The van der Waals surface area contributed by atoms with Gasteiger partial charge in [0, 0.05) is 26.2 Å². The highest BCUT2D eigenvalue weighted by Crippen LogP contribution is 2.38. The van der Waals surface area contributed by atoms with Gasteiger partial charge in [-0.15, -0.1) is 0 Å². The number of aryl methyl sites for hydroxylation is 1. The average Bonchev–Trinajstić information content (AvgIpc) is 3.39. The smallest absolute Gasteiger partial charge is 0.338 e. The van der Waals surface area contributed by atoms with Gasteiger partial charge < -0.3 is 33.5 Å². The molecule has 0 saturated carbocycles. The predicted molar refractivity (Wildman–Crippen MR) is 146 cm³/mol. The summed E-state index contributed by atoms with van der Waals surface area (Å²) in [5.41, 5.74) is 0.343. The number of methoxy groups -OCH3 is 2. The number of benzene rings is 1. The zero-order chi connectivity index (χ0) is 28.2. The Morgan fingerprint density at radius 2 is 1.73 bits per heavy atom. The summed E-state index contributed by atoms with van der Waals surface area (Å²) in [5, 5.41) is 4.05. The highest BCUT2D eigenvalue weighted by atomic mass is 16.5. The molecule has 3 heterocycles. The Balaban J connectivity index is 1.45. The van der Waals surface area contributed by atoms with Crippen LogP contribution in [0, 0.1) is 0 Å². The summed E-state index contributed by atoms with van der Waals surface area (Å²) in [6.45, 7) is 6.80. The van der Waals surface area contributed by atoms with Crippen molar-refractivity contribution in [2.24, 2.45) is 0 Å². The molecule has 3 atom stereocenters. The summed E-state index contributed by atoms with van der Waals surface area (Å²) in [7, 11) is 3.04. The van der Waals surface area contributed by atoms with Crippen LogP contribution >= 0.6 is 0 Å². The maximum Gasteiger partial charge on any atom is 0.338 e. The highest BCUT2D eigenvalue weighted by molar-refractivity contribution is 5.91. The van der Waals surface area contributed by atoms with Gasteiger partial charge in [-0.05, 0) is 57.3 Å². The minimum Gasteiger partial charge on any atom is -0.493 e. The number of ether oxygens (including phenoxy) is 5. The van der Waals surface area contributed by atoms with Crippen LogP contribution in [0.1, 0.15) is 48.9 Å². The van der Waals surface area contributed by atoms with Gasteiger partial charge in [0.25, 0.3) is 0 Å². The van der Waals surface area contributed by atoms with E-state index in [0.717, 1.165) is 58.5 Å². The maximum atomic E-state index is 12.8. The molecule has 3 unspecified atom stereocenters. The molecule has 0 aliphatic carbocycles. The Kier molecular flexibility index (Phi) is 11.4. The van der Waals surface area contributed by atoms with Gasteiger partial charge in [0.15, 0.2) is 11.5 Å². The molecule has 12 heteroatoms. The number of carbonyl (C=O) groups is 2. The van der Waals surface area contributed by atoms with Crippen LogP contribution in [0.15, 0.2) is 24.8 Å². The summed E-state index contributed by atoms with van der Waals surface area (Å²) in [5.74, 6) is 0.530. The zero-order valence-corrected chi connectivity index (χ0v) is 23.6. The van der Waals surface area contributed by atoms with E-state index >= 15 is 0 Å². The van der Waals surface area contributed by atoms with Gasteiger partial charge in [0.05, 0.1) is 46.0 Å². The lowest BCUT2D eigenvalue weighted by Gasteiger charge is -2.24. The Morgan fingerprint density at radius 1 is 0.950 bits per heavy atom. The topological polar surface area (TPSA) is 117 Å². The molecule has 4 bridgehead atoms. The molecule has 12 nitrogen and oxygen atoms in total. The lowest BCUT2D eigenvalue weighted by molar-refractivity contribution is -0.150. The maximum absolute atomic E-state index is 12.8. The Labute approximate surface area is 235 Å². The molecule has 2 aliphatic heterocycles. The highest BCUT2D eigenvalue weighted by Gasteiger charge is 2.22. The van der Waals surface area contributed by atoms with Crippen LogP contribution in [0.25, 0.3) is 0 Å². The van der Waals surface area contributed by atoms with Gasteiger partial charge in [-0.2, -0.15) is 5.10 Å². The van der Waals surface area contributed by atoms with Crippen LogP contribution in [0.4, 0.5) is 0 Å². The number of aromatic nitrogens is 3. The van der Waals surface area contributed by atoms with Crippen molar-refractivity contribution in [3.05, 3.63) is 30.4 Å². The Hall–Kier alpha value is -3.38. The molecule has 1 fully saturated rings. The monoisotopic (exact) mass is 559 g/mol. The second kappa shape index (κ2) is 15.4. The van der Waals surface area contributed by atoms with Crippen molar-refractivity contribution in [3.8, 4) is 17.2 Å². The first-order chi connectivity index (χ1) is 19.6. The van der Waals surface area contributed by atoms with Crippen molar-refractivity contribution < 1.29 is 33.3 Å². The van der Waals surface area contributed by atoms with E-state index in [2.05, 4.69) is 19.9 Å². The van der Waals surface area contributed by atoms with Crippen LogP contribution in [-0.4, -0.2) is 109 Å². The first kappa shape index (κ1) is 29.6. The lowest BCUT2D eigenvalue weighted by Crippen LogP contribution is -2.34. The second-order valence-electron chi connectivity index (χ2n) is 10.0. The number of hydrogen-bond acceptors (Lipinski definition) is 11. The molecular formula is C28H41N5O7. The number of rotatable bonds is 6. The van der Waals surface area contributed by atoms with E-state index in [0.29, 0.717) is 55.4 Å². The van der Waals surface area contributed by atoms with Gasteiger partial charge in [0.2, 0.25) is 5.75 Å². The van der Waals surface area contributed by atoms with Gasteiger partial charge >= 0.3 is 11.9 Å². The summed E-state index contributed by atoms with van der Waals surface area (Å²) in [6.07, 6.45) is 6.92. The van der Waals surface area contributed by atoms with E-state index in [1.54, 1.807) is 23.1 Å². The molecule has 0 N–H and O–H groups in total. The van der Waals surface area contributed by atoms with Crippen LogP contribution in [0.2, 0.25) is 0 Å². The standard InChI is InChI=1S/C28H41N5O7/c1-36-24-18-22-19-25(27(24)37-2)38-16-3-6-23(40-26(34)8-13-33-21-29-20-30-33)7-12-32-10-4-9-31(14-15-32)11-5-17-39-28(22)35/h18-21,23H,3-17H2,1-2H3. The SMILES string of the molecule is COc1cc2cc(c1OC)OCCCC(OC(=O)CCn1cncn1)CCN1CCCN(CCCOC2=O)CC1. The molecule has 1 aromatic carbocycles. The third kappa shape index (κ3) is 8.82. The summed E-state index contributed by atoms with van der Waals surface area (Å²) >= 11 is 0. The summed E-state index contributed by atoms with van der Waals surface area (Å²) < 4.78 is 30.1. The van der Waals surface area contributed by atoms with Crippen molar-refractivity contribution >= 4 is 11.9 Å². The summed E-state index contributed by atoms with van der Waals surface area (Å²) in [6, 6.07) is 3.23. The Morgan fingerprint density at radius 3 is 2.48 bits per heavy atom. The number of nitrogens with zero attached hydrogens (tertiary/aromatic N) is 5. The number of hydrogen-bond donors (Lipinski definition) is 0. The molecule has 1 aromatic heterocycles. The van der Waals surface area contributed by atoms with Crippen molar-refractivity contribution in [3.63, 3.8) is 0 Å². The molecule has 40 heavy (non-hydrogen) atoms. The molecule has 4 rings (SSSR count).